The maximum absolute atomic E-state index is 13.1. The number of halogens is 2. The number of carboxylic acids is 1. The molecule has 0 aliphatic rings. The molecular formula is C10H6F2O2S. The fraction of sp³-hybridized carbons (Fsp3) is 0.100. The molecule has 0 amide bonds. The molecule has 5 heteroatoms. The quantitative estimate of drug-likeness (QED) is 0.857. The van der Waals surface area contributed by atoms with Gasteiger partial charge in [0.1, 0.15) is 0 Å². The number of hydrogen-bond acceptors (Lipinski definition) is 2. The number of alkyl halides is 2. The summed E-state index contributed by atoms with van der Waals surface area (Å²) in [6.45, 7) is 0. The van der Waals surface area contributed by atoms with Crippen molar-refractivity contribution in [3.63, 3.8) is 0 Å². The van der Waals surface area contributed by atoms with E-state index >= 15 is 0 Å². The predicted octanol–water partition coefficient (Wildman–Crippen LogP) is 3.08. The van der Waals surface area contributed by atoms with Crippen LogP contribution >= 0.6 is 11.3 Å². The Morgan fingerprint density at radius 1 is 1.33 bits per heavy atom. The number of thiophene rings is 1. The van der Waals surface area contributed by atoms with Gasteiger partial charge in [0.2, 0.25) is 0 Å². The highest BCUT2D eigenvalue weighted by atomic mass is 32.1. The second-order valence-electron chi connectivity index (χ2n) is 3.05. The van der Waals surface area contributed by atoms with Gasteiger partial charge in [0.25, 0.3) is 0 Å². The zero-order valence-corrected chi connectivity index (χ0v) is 8.22. The van der Waals surface area contributed by atoms with Gasteiger partial charge in [-0.3, -0.25) is 0 Å². The van der Waals surface area contributed by atoms with Crippen LogP contribution in [0.1, 0.15) is 5.56 Å². The molecule has 1 heterocycles. The van der Waals surface area contributed by atoms with E-state index in [-0.39, 0.29) is 0 Å². The normalized spacial score (nSPS) is 11.9. The van der Waals surface area contributed by atoms with Crippen LogP contribution in [-0.2, 0) is 10.7 Å². The summed E-state index contributed by atoms with van der Waals surface area (Å²) in [6, 6.07) is 5.54. The highest BCUT2D eigenvalue weighted by Crippen LogP contribution is 2.31. The smallest absolute Gasteiger partial charge is 0.379 e. The first-order valence-corrected chi connectivity index (χ1v) is 4.99. The maximum Gasteiger partial charge on any atom is 0.379 e. The van der Waals surface area contributed by atoms with Crippen LogP contribution in [0.5, 0.6) is 0 Å². The lowest BCUT2D eigenvalue weighted by Gasteiger charge is -2.10. The first-order chi connectivity index (χ1) is 7.01. The Morgan fingerprint density at radius 2 is 2.07 bits per heavy atom. The van der Waals surface area contributed by atoms with Crippen LogP contribution in [0, 0.1) is 0 Å². The molecule has 0 unspecified atom stereocenters. The number of hydrogen-bond donors (Lipinski definition) is 1. The van der Waals surface area contributed by atoms with E-state index in [1.807, 2.05) is 0 Å². The molecule has 0 saturated heterocycles. The molecule has 2 rings (SSSR count). The van der Waals surface area contributed by atoms with Crippen LogP contribution in [0.4, 0.5) is 8.78 Å². The summed E-state index contributed by atoms with van der Waals surface area (Å²) in [7, 11) is 0. The Hall–Kier alpha value is -1.49. The SMILES string of the molecule is O=C(O)C(F)(F)c1ccc2sccc2c1. The van der Waals surface area contributed by atoms with E-state index in [0.29, 0.717) is 5.39 Å². The van der Waals surface area contributed by atoms with Crippen molar-refractivity contribution in [1.82, 2.24) is 0 Å². The molecule has 0 spiro atoms. The first kappa shape index (κ1) is 10.0. The van der Waals surface area contributed by atoms with E-state index in [1.165, 1.54) is 23.5 Å². The molecule has 1 aromatic carbocycles. The van der Waals surface area contributed by atoms with Crippen LogP contribution in [0.2, 0.25) is 0 Å². The van der Waals surface area contributed by atoms with Crippen molar-refractivity contribution in [2.75, 3.05) is 0 Å². The summed E-state index contributed by atoms with van der Waals surface area (Å²) >= 11 is 1.42. The summed E-state index contributed by atoms with van der Waals surface area (Å²) in [5.74, 6) is -5.95. The lowest BCUT2D eigenvalue weighted by molar-refractivity contribution is -0.166. The van der Waals surface area contributed by atoms with E-state index in [9.17, 15) is 13.6 Å². The highest BCUT2D eigenvalue weighted by molar-refractivity contribution is 7.17. The van der Waals surface area contributed by atoms with Gasteiger partial charge in [-0.1, -0.05) is 6.07 Å². The summed E-state index contributed by atoms with van der Waals surface area (Å²) in [5.41, 5.74) is -0.485. The Labute approximate surface area is 87.8 Å². The molecule has 78 valence electrons. The minimum atomic E-state index is -3.82. The molecule has 1 N–H and O–H groups in total. The van der Waals surface area contributed by atoms with Crippen molar-refractivity contribution in [3.05, 3.63) is 35.2 Å². The van der Waals surface area contributed by atoms with Crippen molar-refractivity contribution in [2.45, 2.75) is 5.92 Å². The summed E-state index contributed by atoms with van der Waals surface area (Å²) in [4.78, 5) is 10.3. The maximum atomic E-state index is 13.1. The number of rotatable bonds is 2. The van der Waals surface area contributed by atoms with Crippen LogP contribution in [0.3, 0.4) is 0 Å². The lowest BCUT2D eigenvalue weighted by Crippen LogP contribution is -2.25. The van der Waals surface area contributed by atoms with Gasteiger partial charge in [0.05, 0.1) is 0 Å². The topological polar surface area (TPSA) is 37.3 Å². The minimum absolute atomic E-state index is 0.485. The van der Waals surface area contributed by atoms with E-state index < -0.39 is 17.5 Å². The Morgan fingerprint density at radius 3 is 2.73 bits per heavy atom. The molecule has 0 saturated carbocycles. The van der Waals surface area contributed by atoms with Gasteiger partial charge in [-0.2, -0.15) is 8.78 Å². The van der Waals surface area contributed by atoms with Crippen LogP contribution in [0.15, 0.2) is 29.6 Å². The monoisotopic (exact) mass is 228 g/mol. The third-order valence-corrected chi connectivity index (χ3v) is 2.98. The Balaban J connectivity index is 2.57. The number of fused-ring (bicyclic) bond motifs is 1. The molecule has 0 bridgehead atoms. The molecule has 0 aliphatic carbocycles. The zero-order valence-electron chi connectivity index (χ0n) is 7.41. The number of aliphatic carboxylic acids is 1. The second kappa shape index (κ2) is 3.27. The van der Waals surface area contributed by atoms with E-state index in [2.05, 4.69) is 0 Å². The van der Waals surface area contributed by atoms with Crippen LogP contribution < -0.4 is 0 Å². The third-order valence-electron chi connectivity index (χ3n) is 2.08. The van der Waals surface area contributed by atoms with Gasteiger partial charge in [-0.05, 0) is 29.0 Å². The number of carboxylic acid groups (broad SMARTS) is 1. The molecule has 0 atom stereocenters. The Kier molecular flexibility index (Phi) is 2.19. The van der Waals surface area contributed by atoms with E-state index in [4.69, 9.17) is 5.11 Å². The standard InChI is InChI=1S/C10H6F2O2S/c11-10(12,9(13)14)7-1-2-8-6(5-7)3-4-15-8/h1-5H,(H,13,14). The first-order valence-electron chi connectivity index (χ1n) is 4.11. The summed E-state index contributed by atoms with van der Waals surface area (Å²) in [5, 5.41) is 10.8. The van der Waals surface area contributed by atoms with E-state index in [1.54, 1.807) is 11.4 Å². The van der Waals surface area contributed by atoms with Gasteiger partial charge < -0.3 is 5.11 Å². The molecule has 1 aromatic heterocycles. The van der Waals surface area contributed by atoms with Crippen LogP contribution in [0.25, 0.3) is 10.1 Å². The van der Waals surface area contributed by atoms with Crippen molar-refractivity contribution in [1.29, 1.82) is 0 Å². The fourth-order valence-corrected chi connectivity index (χ4v) is 2.06. The average Bonchev–Trinajstić information content (AvgIpc) is 2.63. The fourth-order valence-electron chi connectivity index (χ4n) is 1.29. The largest absolute Gasteiger partial charge is 0.477 e. The summed E-state index contributed by atoms with van der Waals surface area (Å²) in [6.07, 6.45) is 0. The lowest BCUT2D eigenvalue weighted by atomic mass is 10.1. The Bertz CT molecular complexity index is 519. The van der Waals surface area contributed by atoms with Gasteiger partial charge in [-0.25, -0.2) is 4.79 Å². The second-order valence-corrected chi connectivity index (χ2v) is 4.00. The van der Waals surface area contributed by atoms with Crippen molar-refractivity contribution < 1.29 is 18.7 Å². The summed E-state index contributed by atoms with van der Waals surface area (Å²) < 4.78 is 27.1. The van der Waals surface area contributed by atoms with Gasteiger partial charge in [0.15, 0.2) is 0 Å². The molecule has 0 radical (unpaired) electrons. The number of benzene rings is 1. The zero-order chi connectivity index (χ0) is 11.1. The van der Waals surface area contributed by atoms with Crippen molar-refractivity contribution in [3.8, 4) is 0 Å². The molecule has 2 nitrogen and oxygen atoms in total. The van der Waals surface area contributed by atoms with E-state index in [0.717, 1.165) is 10.8 Å². The van der Waals surface area contributed by atoms with Gasteiger partial charge >= 0.3 is 11.9 Å². The highest BCUT2D eigenvalue weighted by Gasteiger charge is 2.40. The molecule has 0 fully saturated rings. The third kappa shape index (κ3) is 1.59. The average molecular weight is 228 g/mol. The molecule has 2 aromatic rings. The van der Waals surface area contributed by atoms with Gasteiger partial charge in [0, 0.05) is 10.3 Å². The predicted molar refractivity (Wildman–Crippen MR) is 53.4 cm³/mol. The molecule has 0 aliphatic heterocycles. The van der Waals surface area contributed by atoms with Crippen molar-refractivity contribution >= 4 is 27.4 Å². The van der Waals surface area contributed by atoms with Gasteiger partial charge in [-0.15, -0.1) is 11.3 Å². The minimum Gasteiger partial charge on any atom is -0.477 e. The van der Waals surface area contributed by atoms with Crippen molar-refractivity contribution in [2.24, 2.45) is 0 Å². The molecule has 15 heavy (non-hydrogen) atoms. The number of carbonyl (C=O) groups is 1. The van der Waals surface area contributed by atoms with Crippen LogP contribution in [-0.4, -0.2) is 11.1 Å². The molecular weight excluding hydrogens is 222 g/mol.